The highest BCUT2D eigenvalue weighted by Gasteiger charge is 2.12. The summed E-state index contributed by atoms with van der Waals surface area (Å²) in [4.78, 5) is 10.2. The number of hydrogen-bond acceptors (Lipinski definition) is 4. The second-order valence-corrected chi connectivity index (χ2v) is 5.77. The summed E-state index contributed by atoms with van der Waals surface area (Å²) in [5.41, 5.74) is 1.06. The number of hydrogen-bond donors (Lipinski definition) is 1. The van der Waals surface area contributed by atoms with E-state index in [4.69, 9.17) is 0 Å². The molecule has 2 rings (SSSR count). The van der Waals surface area contributed by atoms with Crippen LogP contribution in [0.2, 0.25) is 0 Å². The van der Waals surface area contributed by atoms with Crippen LogP contribution in [0.5, 0.6) is 0 Å². The van der Waals surface area contributed by atoms with E-state index in [1.165, 1.54) is 0 Å². The van der Waals surface area contributed by atoms with Crippen molar-refractivity contribution < 1.29 is 0 Å². The van der Waals surface area contributed by atoms with E-state index in [0.29, 0.717) is 5.92 Å². The highest BCUT2D eigenvalue weighted by Crippen LogP contribution is 2.32. The van der Waals surface area contributed by atoms with Gasteiger partial charge >= 0.3 is 0 Å². The van der Waals surface area contributed by atoms with Crippen LogP contribution in [0, 0.1) is 0 Å². The summed E-state index contributed by atoms with van der Waals surface area (Å²) in [6.45, 7) is 4.27. The van der Waals surface area contributed by atoms with Gasteiger partial charge in [-0.25, -0.2) is 9.97 Å². The molecule has 0 aliphatic rings. The molecule has 0 fully saturated rings. The van der Waals surface area contributed by atoms with E-state index in [9.17, 15) is 0 Å². The Hall–Kier alpha value is -0.940. The molecular formula is C12H14BrN3S. The zero-order valence-electron chi connectivity index (χ0n) is 9.99. The van der Waals surface area contributed by atoms with E-state index in [2.05, 4.69) is 45.1 Å². The summed E-state index contributed by atoms with van der Waals surface area (Å²) in [5, 5.41) is 5.11. The van der Waals surface area contributed by atoms with Crippen LogP contribution in [-0.2, 0) is 0 Å². The minimum Gasteiger partial charge on any atom is -0.373 e. The van der Waals surface area contributed by atoms with Gasteiger partial charge in [-0.05, 0) is 33.3 Å². The van der Waals surface area contributed by atoms with Gasteiger partial charge in [-0.15, -0.1) is 11.3 Å². The molecule has 5 heteroatoms. The quantitative estimate of drug-likeness (QED) is 0.926. The monoisotopic (exact) mass is 311 g/mol. The standard InChI is InChI=1S/C12H14BrN3S/c1-7(2)9-6-10(14-3)16-12(15-9)11-8(13)4-5-17-11/h4-7H,1-3H3,(H,14,15,16). The summed E-state index contributed by atoms with van der Waals surface area (Å²) in [6.07, 6.45) is 0. The number of anilines is 1. The number of halogens is 1. The van der Waals surface area contributed by atoms with Crippen LogP contribution in [0.4, 0.5) is 5.82 Å². The molecule has 0 aliphatic heterocycles. The van der Waals surface area contributed by atoms with Crippen molar-refractivity contribution in [2.75, 3.05) is 12.4 Å². The van der Waals surface area contributed by atoms with E-state index in [1.54, 1.807) is 11.3 Å². The van der Waals surface area contributed by atoms with Crippen LogP contribution in [0.3, 0.4) is 0 Å². The van der Waals surface area contributed by atoms with Crippen molar-refractivity contribution in [3.63, 3.8) is 0 Å². The Morgan fingerprint density at radius 2 is 2.12 bits per heavy atom. The molecule has 0 bridgehead atoms. The molecule has 0 amide bonds. The maximum absolute atomic E-state index is 4.61. The Kier molecular flexibility index (Phi) is 3.79. The molecule has 0 saturated heterocycles. The first-order chi connectivity index (χ1) is 8.11. The molecule has 3 nitrogen and oxygen atoms in total. The van der Waals surface area contributed by atoms with Gasteiger partial charge in [0.05, 0.1) is 4.88 Å². The Morgan fingerprint density at radius 3 is 2.65 bits per heavy atom. The fraction of sp³-hybridized carbons (Fsp3) is 0.333. The van der Waals surface area contributed by atoms with Gasteiger partial charge in [-0.3, -0.25) is 0 Å². The highest BCUT2D eigenvalue weighted by atomic mass is 79.9. The largest absolute Gasteiger partial charge is 0.373 e. The predicted molar refractivity (Wildman–Crippen MR) is 76.7 cm³/mol. The van der Waals surface area contributed by atoms with Crippen LogP contribution in [0.15, 0.2) is 22.0 Å². The van der Waals surface area contributed by atoms with Crippen molar-refractivity contribution in [1.82, 2.24) is 9.97 Å². The van der Waals surface area contributed by atoms with E-state index in [0.717, 1.165) is 26.7 Å². The molecule has 0 saturated carbocycles. The van der Waals surface area contributed by atoms with Crippen molar-refractivity contribution in [2.45, 2.75) is 19.8 Å². The SMILES string of the molecule is CNc1cc(C(C)C)nc(-c2sccc2Br)n1. The molecule has 1 N–H and O–H groups in total. The molecule has 2 aromatic rings. The van der Waals surface area contributed by atoms with Gasteiger partial charge in [0.25, 0.3) is 0 Å². The molecule has 0 atom stereocenters. The molecule has 0 radical (unpaired) electrons. The van der Waals surface area contributed by atoms with Crippen molar-refractivity contribution in [1.29, 1.82) is 0 Å². The minimum absolute atomic E-state index is 0.391. The van der Waals surface area contributed by atoms with E-state index >= 15 is 0 Å². The lowest BCUT2D eigenvalue weighted by atomic mass is 10.1. The first-order valence-electron chi connectivity index (χ1n) is 5.42. The second-order valence-electron chi connectivity index (χ2n) is 4.00. The van der Waals surface area contributed by atoms with E-state index in [1.807, 2.05) is 24.6 Å². The van der Waals surface area contributed by atoms with E-state index < -0.39 is 0 Å². The van der Waals surface area contributed by atoms with Crippen LogP contribution in [0.25, 0.3) is 10.7 Å². The first kappa shape index (κ1) is 12.5. The molecule has 2 aromatic heterocycles. The Morgan fingerprint density at radius 1 is 1.35 bits per heavy atom. The summed E-state index contributed by atoms with van der Waals surface area (Å²) in [7, 11) is 1.87. The molecular weight excluding hydrogens is 298 g/mol. The van der Waals surface area contributed by atoms with Crippen molar-refractivity contribution in [3.05, 3.63) is 27.7 Å². The number of rotatable bonds is 3. The Bertz CT molecular complexity index is 522. The number of nitrogens with one attached hydrogen (secondary N) is 1. The summed E-state index contributed by atoms with van der Waals surface area (Å²) in [5.74, 6) is 2.03. The average Bonchev–Trinajstić information content (AvgIpc) is 2.74. The van der Waals surface area contributed by atoms with Gasteiger partial charge in [-0.1, -0.05) is 13.8 Å². The average molecular weight is 312 g/mol. The second kappa shape index (κ2) is 5.14. The van der Waals surface area contributed by atoms with Gasteiger partial charge < -0.3 is 5.32 Å². The topological polar surface area (TPSA) is 37.8 Å². The number of nitrogens with zero attached hydrogens (tertiary/aromatic N) is 2. The Balaban J connectivity index is 2.54. The van der Waals surface area contributed by atoms with Gasteiger partial charge in [0.1, 0.15) is 5.82 Å². The number of thiophene rings is 1. The van der Waals surface area contributed by atoms with Crippen LogP contribution < -0.4 is 5.32 Å². The fourth-order valence-electron chi connectivity index (χ4n) is 1.44. The Labute approximate surface area is 113 Å². The zero-order chi connectivity index (χ0) is 12.4. The fourth-order valence-corrected chi connectivity index (χ4v) is 2.93. The smallest absolute Gasteiger partial charge is 0.173 e. The maximum atomic E-state index is 4.61. The molecule has 2 heterocycles. The van der Waals surface area contributed by atoms with Crippen LogP contribution >= 0.6 is 27.3 Å². The third-order valence-electron chi connectivity index (χ3n) is 2.41. The predicted octanol–water partition coefficient (Wildman–Crippen LogP) is 4.13. The lowest BCUT2D eigenvalue weighted by molar-refractivity contribution is 0.818. The van der Waals surface area contributed by atoms with Crippen molar-refractivity contribution in [3.8, 4) is 10.7 Å². The molecule has 0 unspecified atom stereocenters. The van der Waals surface area contributed by atoms with Crippen LogP contribution in [-0.4, -0.2) is 17.0 Å². The molecule has 0 aromatic carbocycles. The molecule has 90 valence electrons. The first-order valence-corrected chi connectivity index (χ1v) is 7.09. The number of aromatic nitrogens is 2. The van der Waals surface area contributed by atoms with E-state index in [-0.39, 0.29) is 0 Å². The van der Waals surface area contributed by atoms with Crippen molar-refractivity contribution in [2.24, 2.45) is 0 Å². The molecule has 0 spiro atoms. The third kappa shape index (κ3) is 2.66. The highest BCUT2D eigenvalue weighted by molar-refractivity contribution is 9.10. The van der Waals surface area contributed by atoms with Gasteiger partial charge in [-0.2, -0.15) is 0 Å². The molecule has 17 heavy (non-hydrogen) atoms. The van der Waals surface area contributed by atoms with Crippen LogP contribution in [0.1, 0.15) is 25.5 Å². The minimum atomic E-state index is 0.391. The van der Waals surface area contributed by atoms with Gasteiger partial charge in [0.15, 0.2) is 5.82 Å². The lowest BCUT2D eigenvalue weighted by Gasteiger charge is -2.09. The lowest BCUT2D eigenvalue weighted by Crippen LogP contribution is -2.01. The zero-order valence-corrected chi connectivity index (χ0v) is 12.4. The molecule has 0 aliphatic carbocycles. The van der Waals surface area contributed by atoms with Gasteiger partial charge in [0, 0.05) is 23.3 Å². The normalized spacial score (nSPS) is 10.9. The maximum Gasteiger partial charge on any atom is 0.173 e. The van der Waals surface area contributed by atoms with Crippen molar-refractivity contribution >= 4 is 33.1 Å². The summed E-state index contributed by atoms with van der Waals surface area (Å²) >= 11 is 5.16. The summed E-state index contributed by atoms with van der Waals surface area (Å²) in [6, 6.07) is 4.01. The summed E-state index contributed by atoms with van der Waals surface area (Å²) < 4.78 is 1.05. The third-order valence-corrected chi connectivity index (χ3v) is 4.25. The van der Waals surface area contributed by atoms with Gasteiger partial charge in [0.2, 0.25) is 0 Å².